The van der Waals surface area contributed by atoms with E-state index in [2.05, 4.69) is 19.1 Å². The zero-order valence-electron chi connectivity index (χ0n) is 7.71. The van der Waals surface area contributed by atoms with Gasteiger partial charge in [0.25, 0.3) is 0 Å². The lowest BCUT2D eigenvalue weighted by atomic mass is 10.1. The van der Waals surface area contributed by atoms with Gasteiger partial charge in [0.05, 0.1) is 0 Å². The Balaban J connectivity index is 2.67. The van der Waals surface area contributed by atoms with Crippen LogP contribution in [0.4, 0.5) is 0 Å². The van der Waals surface area contributed by atoms with E-state index in [0.29, 0.717) is 6.54 Å². The third-order valence-electron chi connectivity index (χ3n) is 2.25. The largest absolute Gasteiger partial charge is 0.461 e. The molecule has 1 aromatic heterocycles. The predicted molar refractivity (Wildman–Crippen MR) is 53.5 cm³/mol. The fourth-order valence-corrected chi connectivity index (χ4v) is 1.51. The number of para-hydroxylation sites is 1. The van der Waals surface area contributed by atoms with Crippen molar-refractivity contribution in [2.75, 3.05) is 0 Å². The minimum atomic E-state index is 0.536. The Hall–Kier alpha value is -1.28. The van der Waals surface area contributed by atoms with Gasteiger partial charge in [0.15, 0.2) is 0 Å². The maximum atomic E-state index is 5.66. The molecule has 2 N–H and O–H groups in total. The van der Waals surface area contributed by atoms with Gasteiger partial charge in [-0.15, -0.1) is 0 Å². The third kappa shape index (κ3) is 1.33. The molecular formula is C11H13NO. The molecule has 0 bridgehead atoms. The molecule has 0 saturated carbocycles. The molecule has 1 aromatic carbocycles. The molecule has 0 saturated heterocycles. The average molecular weight is 175 g/mol. The first-order valence-electron chi connectivity index (χ1n) is 4.55. The van der Waals surface area contributed by atoms with Gasteiger partial charge in [-0.2, -0.15) is 0 Å². The Morgan fingerprint density at radius 3 is 2.92 bits per heavy atom. The molecule has 0 fully saturated rings. The molecule has 68 valence electrons. The van der Waals surface area contributed by atoms with E-state index in [9.17, 15) is 0 Å². The fourth-order valence-electron chi connectivity index (χ4n) is 1.51. The quantitative estimate of drug-likeness (QED) is 0.761. The van der Waals surface area contributed by atoms with Gasteiger partial charge in [-0.3, -0.25) is 0 Å². The monoisotopic (exact) mass is 175 g/mol. The first-order chi connectivity index (χ1) is 6.35. The number of furan rings is 1. The molecule has 0 amide bonds. The van der Waals surface area contributed by atoms with Gasteiger partial charge in [-0.25, -0.2) is 0 Å². The van der Waals surface area contributed by atoms with E-state index in [0.717, 1.165) is 28.7 Å². The Labute approximate surface area is 77.3 Å². The smallest absolute Gasteiger partial charge is 0.138 e. The van der Waals surface area contributed by atoms with Gasteiger partial charge >= 0.3 is 0 Å². The van der Waals surface area contributed by atoms with Crippen LogP contribution in [0.15, 0.2) is 28.7 Å². The highest BCUT2D eigenvalue weighted by Gasteiger charge is 2.04. The number of hydrogen-bond acceptors (Lipinski definition) is 2. The summed E-state index contributed by atoms with van der Waals surface area (Å²) in [6.45, 7) is 2.62. The number of benzene rings is 1. The lowest BCUT2D eigenvalue weighted by Crippen LogP contribution is -1.95. The second kappa shape index (κ2) is 3.23. The van der Waals surface area contributed by atoms with Crippen molar-refractivity contribution in [2.45, 2.75) is 19.9 Å². The van der Waals surface area contributed by atoms with Crippen LogP contribution in [0, 0.1) is 0 Å². The van der Waals surface area contributed by atoms with Crippen LogP contribution in [0.25, 0.3) is 11.0 Å². The van der Waals surface area contributed by atoms with Crippen LogP contribution >= 0.6 is 0 Å². The highest BCUT2D eigenvalue weighted by Crippen LogP contribution is 2.22. The predicted octanol–water partition coefficient (Wildman–Crippen LogP) is 2.45. The van der Waals surface area contributed by atoms with Gasteiger partial charge in [-0.1, -0.05) is 25.1 Å². The molecule has 2 rings (SSSR count). The van der Waals surface area contributed by atoms with E-state index in [4.69, 9.17) is 10.2 Å². The molecule has 0 spiro atoms. The van der Waals surface area contributed by atoms with Gasteiger partial charge < -0.3 is 10.2 Å². The summed E-state index contributed by atoms with van der Waals surface area (Å²) >= 11 is 0. The number of aryl methyl sites for hydroxylation is 1. The van der Waals surface area contributed by atoms with E-state index >= 15 is 0 Å². The summed E-state index contributed by atoms with van der Waals surface area (Å²) in [5, 5.41) is 1.15. The Morgan fingerprint density at radius 1 is 1.38 bits per heavy atom. The first-order valence-corrected chi connectivity index (χ1v) is 4.55. The Morgan fingerprint density at radius 2 is 2.23 bits per heavy atom. The summed E-state index contributed by atoms with van der Waals surface area (Å²) in [4.78, 5) is 0. The summed E-state index contributed by atoms with van der Waals surface area (Å²) in [5.74, 6) is 1.02. The lowest BCUT2D eigenvalue weighted by Gasteiger charge is -1.96. The third-order valence-corrected chi connectivity index (χ3v) is 2.25. The molecule has 0 aliphatic heterocycles. The summed E-state index contributed by atoms with van der Waals surface area (Å²) in [5.41, 5.74) is 7.63. The fraction of sp³-hybridized carbons (Fsp3) is 0.273. The van der Waals surface area contributed by atoms with Crippen LogP contribution < -0.4 is 5.73 Å². The molecule has 13 heavy (non-hydrogen) atoms. The average Bonchev–Trinajstić information content (AvgIpc) is 2.59. The zero-order chi connectivity index (χ0) is 9.26. The number of rotatable bonds is 2. The normalized spacial score (nSPS) is 10.9. The molecule has 0 atom stereocenters. The van der Waals surface area contributed by atoms with Crippen LogP contribution in [-0.4, -0.2) is 0 Å². The molecule has 2 aromatic rings. The van der Waals surface area contributed by atoms with E-state index in [-0.39, 0.29) is 0 Å². The van der Waals surface area contributed by atoms with E-state index < -0.39 is 0 Å². The molecule has 0 aliphatic rings. The summed E-state index contributed by atoms with van der Waals surface area (Å²) < 4.78 is 5.66. The van der Waals surface area contributed by atoms with Crippen molar-refractivity contribution >= 4 is 11.0 Å². The SMILES string of the molecule is CCc1cc2cccc(CN)c2o1. The minimum Gasteiger partial charge on any atom is -0.461 e. The zero-order valence-corrected chi connectivity index (χ0v) is 7.71. The van der Waals surface area contributed by atoms with E-state index in [1.165, 1.54) is 0 Å². The second-order valence-electron chi connectivity index (χ2n) is 3.11. The molecule has 0 radical (unpaired) electrons. The molecule has 0 unspecified atom stereocenters. The van der Waals surface area contributed by atoms with Crippen molar-refractivity contribution < 1.29 is 4.42 Å². The van der Waals surface area contributed by atoms with Crippen molar-refractivity contribution in [2.24, 2.45) is 5.73 Å². The van der Waals surface area contributed by atoms with Crippen molar-refractivity contribution in [3.63, 3.8) is 0 Å². The van der Waals surface area contributed by atoms with Gasteiger partial charge in [0.2, 0.25) is 0 Å². The maximum Gasteiger partial charge on any atom is 0.138 e. The van der Waals surface area contributed by atoms with Crippen LogP contribution in [0.2, 0.25) is 0 Å². The number of fused-ring (bicyclic) bond motifs is 1. The Bertz CT molecular complexity index is 417. The van der Waals surface area contributed by atoms with Crippen LogP contribution in [0.5, 0.6) is 0 Å². The minimum absolute atomic E-state index is 0.536. The summed E-state index contributed by atoms with van der Waals surface area (Å²) in [6.07, 6.45) is 0.929. The Kier molecular flexibility index (Phi) is 2.07. The van der Waals surface area contributed by atoms with Gasteiger partial charge in [0, 0.05) is 23.9 Å². The molecule has 2 nitrogen and oxygen atoms in total. The highest BCUT2D eigenvalue weighted by molar-refractivity contribution is 5.81. The van der Waals surface area contributed by atoms with Crippen LogP contribution in [0.3, 0.4) is 0 Å². The van der Waals surface area contributed by atoms with Gasteiger partial charge in [0.1, 0.15) is 11.3 Å². The highest BCUT2D eigenvalue weighted by atomic mass is 16.3. The molecule has 0 aliphatic carbocycles. The standard InChI is InChI=1S/C11H13NO/c1-2-10-6-8-4-3-5-9(7-12)11(8)13-10/h3-6H,2,7,12H2,1H3. The second-order valence-corrected chi connectivity index (χ2v) is 3.11. The topological polar surface area (TPSA) is 39.2 Å². The van der Waals surface area contributed by atoms with E-state index in [1.807, 2.05) is 12.1 Å². The maximum absolute atomic E-state index is 5.66. The van der Waals surface area contributed by atoms with Crippen LogP contribution in [0.1, 0.15) is 18.2 Å². The van der Waals surface area contributed by atoms with Crippen molar-refractivity contribution in [1.29, 1.82) is 0 Å². The lowest BCUT2D eigenvalue weighted by molar-refractivity contribution is 0.553. The molecule has 2 heteroatoms. The van der Waals surface area contributed by atoms with Crippen molar-refractivity contribution in [1.82, 2.24) is 0 Å². The van der Waals surface area contributed by atoms with Crippen LogP contribution in [-0.2, 0) is 13.0 Å². The van der Waals surface area contributed by atoms with Crippen molar-refractivity contribution in [3.05, 3.63) is 35.6 Å². The molecular weight excluding hydrogens is 162 g/mol. The number of nitrogens with two attached hydrogens (primary N) is 1. The number of hydrogen-bond donors (Lipinski definition) is 1. The first kappa shape index (κ1) is 8.32. The van der Waals surface area contributed by atoms with E-state index in [1.54, 1.807) is 0 Å². The summed E-state index contributed by atoms with van der Waals surface area (Å²) in [7, 11) is 0. The summed E-state index contributed by atoms with van der Waals surface area (Å²) in [6, 6.07) is 8.15. The molecule has 1 heterocycles. The van der Waals surface area contributed by atoms with Crippen molar-refractivity contribution in [3.8, 4) is 0 Å². The van der Waals surface area contributed by atoms with Gasteiger partial charge in [-0.05, 0) is 6.07 Å².